The second-order valence-electron chi connectivity index (χ2n) is 14.3. The summed E-state index contributed by atoms with van der Waals surface area (Å²) in [6.07, 6.45) is 6.72. The van der Waals surface area contributed by atoms with E-state index in [0.29, 0.717) is 36.2 Å². The molecule has 9 nitrogen and oxygen atoms in total. The van der Waals surface area contributed by atoms with Crippen molar-refractivity contribution in [1.29, 1.82) is 0 Å². The van der Waals surface area contributed by atoms with Crippen LogP contribution in [0.4, 0.5) is 10.1 Å². The zero-order valence-corrected chi connectivity index (χ0v) is 27.9. The first-order valence-corrected chi connectivity index (χ1v) is 17.5. The van der Waals surface area contributed by atoms with Gasteiger partial charge in [-0.2, -0.15) is 0 Å². The summed E-state index contributed by atoms with van der Waals surface area (Å²) in [5.41, 5.74) is 6.42. The van der Waals surface area contributed by atoms with Crippen molar-refractivity contribution in [3.8, 4) is 0 Å². The summed E-state index contributed by atoms with van der Waals surface area (Å²) in [5.74, 6) is 0.259. The number of rotatable bonds is 8. The molecular weight excluding hydrogens is 607 g/mol. The zero-order chi connectivity index (χ0) is 33.4. The molecule has 0 bridgehead atoms. The Hall–Kier alpha value is -4.18. The molecular formula is C38H45FN6O3. The quantitative estimate of drug-likeness (QED) is 0.313. The predicted molar refractivity (Wildman–Crippen MR) is 181 cm³/mol. The van der Waals surface area contributed by atoms with E-state index in [0.717, 1.165) is 69.5 Å². The van der Waals surface area contributed by atoms with Gasteiger partial charge in [-0.25, -0.2) is 14.4 Å². The highest BCUT2D eigenvalue weighted by Gasteiger charge is 2.39. The number of hydrogen-bond donors (Lipinski definition) is 1. The average Bonchev–Trinajstić information content (AvgIpc) is 3.43. The van der Waals surface area contributed by atoms with Crippen molar-refractivity contribution in [3.63, 3.8) is 0 Å². The number of imide groups is 1. The number of hydrogen-bond acceptors (Lipinski definition) is 7. The first-order valence-electron chi connectivity index (χ1n) is 17.5. The maximum absolute atomic E-state index is 15.3. The van der Waals surface area contributed by atoms with Crippen LogP contribution < -0.4 is 10.2 Å². The van der Waals surface area contributed by atoms with Gasteiger partial charge >= 0.3 is 0 Å². The van der Waals surface area contributed by atoms with E-state index < -0.39 is 12.2 Å². The molecule has 5 heterocycles. The number of likely N-dealkylation sites (tertiary alicyclic amines) is 1. The summed E-state index contributed by atoms with van der Waals surface area (Å²) < 4.78 is 15.3. The standard InChI is InChI=1S/C38H45FN6O3/c1-24(2)30-20-40-36(41-21-30)35(39)27-13-17-44(18-14-27)31-6-3-25(4-7-31)22-43-15-11-26(12-16-43)28-5-8-32-29(19-28)23-45(38(32)48)33-9-10-34(46)42-37(33)47/h3-8,19-21,24,26-27,33,35H,9-18,22-23H2,1-2H3,(H,42,46,47). The highest BCUT2D eigenvalue weighted by Crippen LogP contribution is 2.36. The average molecular weight is 653 g/mol. The molecule has 4 aliphatic rings. The van der Waals surface area contributed by atoms with Crippen LogP contribution in [0.1, 0.15) is 109 Å². The molecule has 0 aliphatic carbocycles. The maximum atomic E-state index is 15.3. The summed E-state index contributed by atoms with van der Waals surface area (Å²) >= 11 is 0. The Morgan fingerprint density at radius 2 is 1.60 bits per heavy atom. The van der Waals surface area contributed by atoms with Crippen LogP contribution in [0.25, 0.3) is 0 Å². The third kappa shape index (κ3) is 6.72. The van der Waals surface area contributed by atoms with Crippen LogP contribution in [0.3, 0.4) is 0 Å². The fourth-order valence-corrected chi connectivity index (χ4v) is 7.79. The lowest BCUT2D eigenvalue weighted by atomic mass is 9.87. The summed E-state index contributed by atoms with van der Waals surface area (Å²) in [7, 11) is 0. The van der Waals surface area contributed by atoms with Gasteiger partial charge in [-0.3, -0.25) is 24.6 Å². The molecule has 2 aromatic carbocycles. The third-order valence-electron chi connectivity index (χ3n) is 10.9. The third-order valence-corrected chi connectivity index (χ3v) is 10.9. The van der Waals surface area contributed by atoms with Gasteiger partial charge in [-0.05, 0) is 97.5 Å². The molecule has 7 rings (SSSR count). The minimum Gasteiger partial charge on any atom is -0.372 e. The molecule has 10 heteroatoms. The number of piperidine rings is 3. The van der Waals surface area contributed by atoms with E-state index in [1.54, 1.807) is 17.3 Å². The van der Waals surface area contributed by atoms with Crippen molar-refractivity contribution in [2.75, 3.05) is 31.1 Å². The smallest absolute Gasteiger partial charge is 0.255 e. The lowest BCUT2D eigenvalue weighted by Gasteiger charge is -2.35. The minimum atomic E-state index is -1.12. The van der Waals surface area contributed by atoms with Crippen LogP contribution in [0.15, 0.2) is 54.9 Å². The first kappa shape index (κ1) is 32.4. The Kier molecular flexibility index (Phi) is 9.27. The van der Waals surface area contributed by atoms with E-state index in [1.807, 2.05) is 6.07 Å². The summed E-state index contributed by atoms with van der Waals surface area (Å²) in [5, 5.41) is 2.38. The summed E-state index contributed by atoms with van der Waals surface area (Å²) in [6.45, 7) is 9.17. The molecule has 0 radical (unpaired) electrons. The molecule has 1 aromatic heterocycles. The van der Waals surface area contributed by atoms with Crippen molar-refractivity contribution in [1.82, 2.24) is 25.1 Å². The number of nitrogens with zero attached hydrogens (tertiary/aromatic N) is 5. The molecule has 4 aliphatic heterocycles. The molecule has 2 unspecified atom stereocenters. The monoisotopic (exact) mass is 652 g/mol. The van der Waals surface area contributed by atoms with Gasteiger partial charge in [0.2, 0.25) is 11.8 Å². The van der Waals surface area contributed by atoms with E-state index in [2.05, 4.69) is 75.3 Å². The van der Waals surface area contributed by atoms with E-state index in [1.165, 1.54) is 16.8 Å². The van der Waals surface area contributed by atoms with Crippen molar-refractivity contribution in [2.24, 2.45) is 5.92 Å². The van der Waals surface area contributed by atoms with E-state index in [9.17, 15) is 14.4 Å². The molecule has 0 spiro atoms. The molecule has 3 fully saturated rings. The van der Waals surface area contributed by atoms with Gasteiger partial charge in [0.1, 0.15) is 6.04 Å². The van der Waals surface area contributed by atoms with Gasteiger partial charge < -0.3 is 9.80 Å². The van der Waals surface area contributed by atoms with E-state index in [4.69, 9.17) is 0 Å². The Morgan fingerprint density at radius 3 is 2.27 bits per heavy atom. The number of carbonyl (C=O) groups is 3. The van der Waals surface area contributed by atoms with Gasteiger partial charge in [0.15, 0.2) is 12.0 Å². The van der Waals surface area contributed by atoms with Crippen molar-refractivity contribution >= 4 is 23.4 Å². The number of benzene rings is 2. The van der Waals surface area contributed by atoms with Gasteiger partial charge in [0, 0.05) is 62.2 Å². The number of alkyl halides is 1. The Balaban J connectivity index is 0.877. The Labute approximate surface area is 281 Å². The van der Waals surface area contributed by atoms with Crippen LogP contribution in [0, 0.1) is 5.92 Å². The number of carbonyl (C=O) groups excluding carboxylic acids is 3. The molecule has 3 amide bonds. The molecule has 0 saturated carbocycles. The van der Waals surface area contributed by atoms with Crippen molar-refractivity contribution < 1.29 is 18.8 Å². The number of nitrogens with one attached hydrogen (secondary N) is 1. The van der Waals surface area contributed by atoms with E-state index >= 15 is 4.39 Å². The predicted octanol–water partition coefficient (Wildman–Crippen LogP) is 5.67. The highest BCUT2D eigenvalue weighted by molar-refractivity contribution is 6.05. The topological polar surface area (TPSA) is 98.7 Å². The Morgan fingerprint density at radius 1 is 0.896 bits per heavy atom. The number of fused-ring (bicyclic) bond motifs is 1. The Bertz CT molecular complexity index is 1650. The van der Waals surface area contributed by atoms with E-state index in [-0.39, 0.29) is 30.1 Å². The number of amides is 3. The van der Waals surface area contributed by atoms with Crippen LogP contribution in [0.2, 0.25) is 0 Å². The normalized spacial score (nSPS) is 21.9. The lowest BCUT2D eigenvalue weighted by Crippen LogP contribution is -2.52. The second-order valence-corrected chi connectivity index (χ2v) is 14.3. The van der Waals surface area contributed by atoms with Crippen LogP contribution in [-0.4, -0.2) is 69.7 Å². The fourth-order valence-electron chi connectivity index (χ4n) is 7.79. The molecule has 252 valence electrons. The van der Waals surface area contributed by atoms with Gasteiger partial charge in [0.25, 0.3) is 5.91 Å². The minimum absolute atomic E-state index is 0.0554. The maximum Gasteiger partial charge on any atom is 0.255 e. The number of halogens is 1. The summed E-state index contributed by atoms with van der Waals surface area (Å²) in [6, 6.07) is 14.4. The van der Waals surface area contributed by atoms with Crippen molar-refractivity contribution in [2.45, 2.75) is 89.5 Å². The molecule has 3 saturated heterocycles. The van der Waals surface area contributed by atoms with Gasteiger partial charge in [-0.1, -0.05) is 38.1 Å². The van der Waals surface area contributed by atoms with Crippen molar-refractivity contribution in [3.05, 3.63) is 88.5 Å². The molecule has 3 aromatic rings. The SMILES string of the molecule is CC(C)c1cnc(C(F)C2CCN(c3ccc(CN4CCC(c5ccc6c(c5)CN(C5CCC(=O)NC5=O)C6=O)CC4)cc3)CC2)nc1. The first-order chi connectivity index (χ1) is 23.2. The molecule has 2 atom stereocenters. The van der Waals surface area contributed by atoms with Gasteiger partial charge in [0.05, 0.1) is 0 Å². The largest absolute Gasteiger partial charge is 0.372 e. The van der Waals surface area contributed by atoms with Crippen LogP contribution >= 0.6 is 0 Å². The molecule has 48 heavy (non-hydrogen) atoms. The number of anilines is 1. The second kappa shape index (κ2) is 13.7. The fraction of sp³-hybridized carbons (Fsp3) is 0.500. The lowest BCUT2D eigenvalue weighted by molar-refractivity contribution is -0.136. The zero-order valence-electron chi connectivity index (χ0n) is 27.9. The van der Waals surface area contributed by atoms with Crippen LogP contribution in [-0.2, 0) is 22.7 Å². The molecule has 1 N–H and O–H groups in total. The van der Waals surface area contributed by atoms with Gasteiger partial charge in [-0.15, -0.1) is 0 Å². The highest BCUT2D eigenvalue weighted by atomic mass is 19.1. The number of aromatic nitrogens is 2. The van der Waals surface area contributed by atoms with Crippen LogP contribution in [0.5, 0.6) is 0 Å². The summed E-state index contributed by atoms with van der Waals surface area (Å²) in [4.78, 5) is 52.2.